The molecule has 1 heterocycles. The quantitative estimate of drug-likeness (QED) is 0.677. The number of benzene rings is 1. The monoisotopic (exact) mass is 381 g/mol. The molecule has 0 aromatic heterocycles. The molecule has 0 amide bonds. The minimum Gasteiger partial charge on any atom is -0.313 e. The van der Waals surface area contributed by atoms with Crippen LogP contribution in [0.3, 0.4) is 0 Å². The summed E-state index contributed by atoms with van der Waals surface area (Å²) in [6.45, 7) is 10.7. The lowest BCUT2D eigenvalue weighted by Gasteiger charge is -2.43. The molecule has 3 nitrogen and oxygen atoms in total. The van der Waals surface area contributed by atoms with Crippen LogP contribution in [-0.4, -0.2) is 37.1 Å². The molecule has 2 saturated carbocycles. The average molecular weight is 382 g/mol. The van der Waals surface area contributed by atoms with E-state index in [9.17, 15) is 4.39 Å². The van der Waals surface area contributed by atoms with Crippen molar-refractivity contribution in [3.63, 3.8) is 0 Å². The SMILES string of the molecule is C=C(C)C1(CN2CCC(CNC3CC3)(Cc3ccc(C#N)cc3F)CC2)CC1. The molecule has 0 unspecified atom stereocenters. The van der Waals surface area contributed by atoms with Crippen molar-refractivity contribution in [3.8, 4) is 6.07 Å². The Kier molecular flexibility index (Phi) is 5.33. The van der Waals surface area contributed by atoms with Crippen LogP contribution in [0.2, 0.25) is 0 Å². The van der Waals surface area contributed by atoms with Gasteiger partial charge >= 0.3 is 0 Å². The lowest BCUT2D eigenvalue weighted by atomic mass is 9.73. The number of nitrogens with zero attached hydrogens (tertiary/aromatic N) is 2. The van der Waals surface area contributed by atoms with E-state index in [2.05, 4.69) is 23.7 Å². The maximum atomic E-state index is 14.6. The first-order valence-corrected chi connectivity index (χ1v) is 10.7. The van der Waals surface area contributed by atoms with Crippen molar-refractivity contribution in [1.82, 2.24) is 10.2 Å². The zero-order valence-electron chi connectivity index (χ0n) is 17.1. The zero-order chi connectivity index (χ0) is 19.8. The molecule has 4 rings (SSSR count). The minimum absolute atomic E-state index is 0.105. The number of hydrogen-bond donors (Lipinski definition) is 1. The summed E-state index contributed by atoms with van der Waals surface area (Å²) in [5.74, 6) is -0.230. The number of halogens is 1. The van der Waals surface area contributed by atoms with E-state index in [1.807, 2.05) is 12.1 Å². The highest BCUT2D eigenvalue weighted by molar-refractivity contribution is 5.33. The highest BCUT2D eigenvalue weighted by Crippen LogP contribution is 2.52. The molecule has 0 radical (unpaired) electrons. The fourth-order valence-electron chi connectivity index (χ4n) is 4.71. The van der Waals surface area contributed by atoms with Crippen molar-refractivity contribution in [2.75, 3.05) is 26.2 Å². The van der Waals surface area contributed by atoms with Crippen LogP contribution in [0.4, 0.5) is 4.39 Å². The second kappa shape index (κ2) is 7.61. The summed E-state index contributed by atoms with van der Waals surface area (Å²) in [7, 11) is 0. The lowest BCUT2D eigenvalue weighted by Crippen LogP contribution is -2.48. The molecule has 28 heavy (non-hydrogen) atoms. The van der Waals surface area contributed by atoms with E-state index in [0.717, 1.165) is 51.0 Å². The molecule has 1 saturated heterocycles. The van der Waals surface area contributed by atoms with Crippen LogP contribution in [0.15, 0.2) is 30.4 Å². The third-order valence-corrected chi connectivity index (χ3v) is 7.29. The molecule has 4 heteroatoms. The number of rotatable bonds is 8. The van der Waals surface area contributed by atoms with Crippen molar-refractivity contribution >= 4 is 0 Å². The highest BCUT2D eigenvalue weighted by atomic mass is 19.1. The molecule has 1 aliphatic heterocycles. The van der Waals surface area contributed by atoms with E-state index < -0.39 is 0 Å². The van der Waals surface area contributed by atoms with Gasteiger partial charge in [-0.15, -0.1) is 0 Å². The Balaban J connectivity index is 1.44. The van der Waals surface area contributed by atoms with Gasteiger partial charge in [-0.3, -0.25) is 0 Å². The number of likely N-dealkylation sites (tertiary alicyclic amines) is 1. The maximum absolute atomic E-state index is 14.6. The van der Waals surface area contributed by atoms with Crippen molar-refractivity contribution < 1.29 is 4.39 Å². The van der Waals surface area contributed by atoms with E-state index in [-0.39, 0.29) is 11.2 Å². The molecule has 2 aliphatic carbocycles. The summed E-state index contributed by atoms with van der Waals surface area (Å²) < 4.78 is 14.6. The largest absolute Gasteiger partial charge is 0.313 e. The van der Waals surface area contributed by atoms with Crippen LogP contribution >= 0.6 is 0 Å². The number of nitriles is 1. The third-order valence-electron chi connectivity index (χ3n) is 7.29. The van der Waals surface area contributed by atoms with Crippen LogP contribution in [-0.2, 0) is 6.42 Å². The smallest absolute Gasteiger partial charge is 0.127 e. The summed E-state index contributed by atoms with van der Waals surface area (Å²) >= 11 is 0. The van der Waals surface area contributed by atoms with Crippen LogP contribution < -0.4 is 5.32 Å². The van der Waals surface area contributed by atoms with E-state index >= 15 is 0 Å². The Hall–Kier alpha value is -1.70. The van der Waals surface area contributed by atoms with E-state index in [1.54, 1.807) is 6.07 Å². The number of piperidine rings is 1. The summed E-state index contributed by atoms with van der Waals surface area (Å²) in [6.07, 6.45) is 8.05. The van der Waals surface area contributed by atoms with Crippen LogP contribution in [0.25, 0.3) is 0 Å². The molecule has 3 fully saturated rings. The second-order valence-corrected chi connectivity index (χ2v) is 9.59. The van der Waals surface area contributed by atoms with Gasteiger partial charge in [0.25, 0.3) is 0 Å². The molecular weight excluding hydrogens is 349 g/mol. The molecule has 1 aromatic rings. The maximum Gasteiger partial charge on any atom is 0.127 e. The minimum atomic E-state index is -0.230. The zero-order valence-corrected chi connectivity index (χ0v) is 17.1. The topological polar surface area (TPSA) is 39.1 Å². The van der Waals surface area contributed by atoms with Gasteiger partial charge in [0.2, 0.25) is 0 Å². The van der Waals surface area contributed by atoms with Gasteiger partial charge in [-0.05, 0) is 88.1 Å². The Labute approximate surface area is 168 Å². The predicted octanol–water partition coefficient (Wildman–Crippen LogP) is 4.43. The van der Waals surface area contributed by atoms with Crippen LogP contribution in [0.1, 0.15) is 56.6 Å². The second-order valence-electron chi connectivity index (χ2n) is 9.59. The van der Waals surface area contributed by atoms with Gasteiger partial charge in [-0.2, -0.15) is 5.26 Å². The number of hydrogen-bond acceptors (Lipinski definition) is 3. The summed E-state index contributed by atoms with van der Waals surface area (Å²) in [5, 5.41) is 12.7. The first-order valence-electron chi connectivity index (χ1n) is 10.7. The Morgan fingerprint density at radius 1 is 1.29 bits per heavy atom. The predicted molar refractivity (Wildman–Crippen MR) is 110 cm³/mol. The van der Waals surface area contributed by atoms with Gasteiger partial charge in [0.1, 0.15) is 5.82 Å². The first-order chi connectivity index (χ1) is 13.4. The normalized spacial score (nSPS) is 23.2. The van der Waals surface area contributed by atoms with Crippen molar-refractivity contribution in [2.45, 2.75) is 57.9 Å². The van der Waals surface area contributed by atoms with Crippen molar-refractivity contribution in [2.24, 2.45) is 10.8 Å². The Morgan fingerprint density at radius 2 is 2.00 bits per heavy atom. The van der Waals surface area contributed by atoms with Gasteiger partial charge in [0.15, 0.2) is 0 Å². The third kappa shape index (κ3) is 4.31. The fraction of sp³-hybridized carbons (Fsp3) is 0.625. The lowest BCUT2D eigenvalue weighted by molar-refractivity contribution is 0.0896. The highest BCUT2D eigenvalue weighted by Gasteiger charge is 2.46. The molecule has 150 valence electrons. The van der Waals surface area contributed by atoms with Crippen LogP contribution in [0, 0.1) is 28.0 Å². The summed E-state index contributed by atoms with van der Waals surface area (Å²) in [6, 6.07) is 7.65. The van der Waals surface area contributed by atoms with Gasteiger partial charge in [-0.1, -0.05) is 18.2 Å². The molecule has 1 N–H and O–H groups in total. The van der Waals surface area contributed by atoms with Crippen LogP contribution in [0.5, 0.6) is 0 Å². The Bertz CT molecular complexity index is 778. The van der Waals surface area contributed by atoms with E-state index in [1.165, 1.54) is 37.3 Å². The fourth-order valence-corrected chi connectivity index (χ4v) is 4.71. The molecule has 3 aliphatic rings. The summed E-state index contributed by atoms with van der Waals surface area (Å²) in [4.78, 5) is 2.60. The molecule has 1 aromatic carbocycles. The van der Waals surface area contributed by atoms with Crippen molar-refractivity contribution in [3.05, 3.63) is 47.3 Å². The van der Waals surface area contributed by atoms with E-state index in [4.69, 9.17) is 5.26 Å². The first kappa shape index (κ1) is 19.6. The summed E-state index contributed by atoms with van der Waals surface area (Å²) in [5.41, 5.74) is 2.96. The van der Waals surface area contributed by atoms with Crippen molar-refractivity contribution in [1.29, 1.82) is 5.26 Å². The van der Waals surface area contributed by atoms with Gasteiger partial charge < -0.3 is 10.2 Å². The molecule has 0 atom stereocenters. The molecule has 0 spiro atoms. The van der Waals surface area contributed by atoms with Gasteiger partial charge in [-0.25, -0.2) is 4.39 Å². The standard InChI is InChI=1S/C24H32FN3/c1-18(2)24(7-8-24)17-28-11-9-23(10-12-28,16-27-21-5-6-21)14-20-4-3-19(15-26)13-22(20)25/h3-4,13,21,27H,1,5-12,14,16-17H2,2H3. The molecule has 0 bridgehead atoms. The Morgan fingerprint density at radius 3 is 2.54 bits per heavy atom. The van der Waals surface area contributed by atoms with E-state index in [0.29, 0.717) is 17.0 Å². The molecular formula is C24H32FN3. The number of nitrogens with one attached hydrogen (secondary N) is 1. The average Bonchev–Trinajstić information content (AvgIpc) is 3.59. The van der Waals surface area contributed by atoms with Gasteiger partial charge in [0, 0.05) is 24.5 Å². The van der Waals surface area contributed by atoms with Gasteiger partial charge in [0.05, 0.1) is 11.6 Å².